The minimum absolute atomic E-state index is 0.111. The fourth-order valence-electron chi connectivity index (χ4n) is 6.97. The van der Waals surface area contributed by atoms with E-state index in [9.17, 15) is 15.0 Å². The van der Waals surface area contributed by atoms with E-state index in [1.807, 2.05) is 6.08 Å². The summed E-state index contributed by atoms with van der Waals surface area (Å²) >= 11 is 0. The number of hydrogen-bond acceptors (Lipinski definition) is 3. The van der Waals surface area contributed by atoms with E-state index in [1.165, 1.54) is 96.3 Å². The fraction of sp³-hybridized carbons (Fsp3) is 0.610. The van der Waals surface area contributed by atoms with Crippen molar-refractivity contribution < 1.29 is 15.0 Å². The summed E-state index contributed by atoms with van der Waals surface area (Å²) in [6.45, 7) is 4.17. The maximum Gasteiger partial charge on any atom is 0.220 e. The zero-order valence-electron chi connectivity index (χ0n) is 40.8. The molecule has 0 aromatic carbocycles. The quantitative estimate of drug-likeness (QED) is 0.0422. The van der Waals surface area contributed by atoms with Gasteiger partial charge in [0.1, 0.15) is 0 Å². The molecule has 0 rings (SSSR count). The maximum atomic E-state index is 12.4. The second-order valence-corrected chi connectivity index (χ2v) is 16.9. The van der Waals surface area contributed by atoms with E-state index < -0.39 is 12.1 Å². The highest BCUT2D eigenvalue weighted by Gasteiger charge is 2.17. The standard InChI is InChI=1S/C59H97NO3/c1-3-5-7-9-11-13-15-17-19-21-23-24-25-26-27-28-29-30-31-32-33-34-35-36-37-39-41-43-45-47-49-51-53-55-59(63)60-57(56-61)58(62)54-52-50-48-46-44-42-40-38-22-20-18-16-14-12-10-8-6-4-2/h5,7,11,13,17,19,23-24,26-27,29-30,32-33,35-36,39,41,45,47,52,54,57-58,61-62H,3-4,6,8-10,12,14-16,18,20-22,25,28,31,34,37-38,40,42-44,46,48-51,53,55-56H2,1-2H3,(H,60,63)/b7-5-,13-11-,19-17-,24-23-,27-26-,30-29-,33-32-,36-35-,41-39-,47-45-,54-52+. The number of amides is 1. The lowest BCUT2D eigenvalue weighted by Gasteiger charge is -2.19. The molecule has 3 N–H and O–H groups in total. The first-order chi connectivity index (χ1) is 31.2. The number of rotatable bonds is 45. The largest absolute Gasteiger partial charge is 0.394 e. The summed E-state index contributed by atoms with van der Waals surface area (Å²) in [5.74, 6) is -0.111. The Kier molecular flexibility index (Phi) is 50.0. The highest BCUT2D eigenvalue weighted by Crippen LogP contribution is 2.14. The average Bonchev–Trinajstić information content (AvgIpc) is 3.29. The van der Waals surface area contributed by atoms with Crippen molar-refractivity contribution in [2.24, 2.45) is 0 Å². The van der Waals surface area contributed by atoms with Gasteiger partial charge in [0.15, 0.2) is 0 Å². The van der Waals surface area contributed by atoms with Gasteiger partial charge in [-0.2, -0.15) is 0 Å². The minimum atomic E-state index is -0.868. The molecule has 2 unspecified atom stereocenters. The van der Waals surface area contributed by atoms with Crippen LogP contribution in [0, 0.1) is 0 Å². The first-order valence-corrected chi connectivity index (χ1v) is 25.9. The van der Waals surface area contributed by atoms with E-state index >= 15 is 0 Å². The van der Waals surface area contributed by atoms with Crippen molar-refractivity contribution in [2.75, 3.05) is 6.61 Å². The second-order valence-electron chi connectivity index (χ2n) is 16.9. The summed E-state index contributed by atoms with van der Waals surface area (Å²) in [5.41, 5.74) is 0. The van der Waals surface area contributed by atoms with Gasteiger partial charge in [-0.1, -0.05) is 244 Å². The molecule has 0 aromatic heterocycles. The topological polar surface area (TPSA) is 69.6 Å². The highest BCUT2D eigenvalue weighted by molar-refractivity contribution is 5.76. The van der Waals surface area contributed by atoms with Gasteiger partial charge in [0.05, 0.1) is 18.8 Å². The summed E-state index contributed by atoms with van der Waals surface area (Å²) in [5, 5.41) is 23.1. The SMILES string of the molecule is CC/C=C\C/C=C\C/C=C\C/C=C\C/C=C\C/C=C\C/C=C\C/C=C\C/C=C\C/C=C\CCCCC(=O)NC(CO)C(O)/C=C/CCCCCCCCCCCCCCCCCC. The lowest BCUT2D eigenvalue weighted by atomic mass is 10.0. The van der Waals surface area contributed by atoms with Crippen LogP contribution in [0.25, 0.3) is 0 Å². The molecule has 63 heavy (non-hydrogen) atoms. The number of aliphatic hydroxyl groups is 2. The smallest absolute Gasteiger partial charge is 0.220 e. The Morgan fingerprint density at radius 2 is 0.698 bits per heavy atom. The molecule has 0 saturated heterocycles. The van der Waals surface area contributed by atoms with Crippen LogP contribution < -0.4 is 5.32 Å². The van der Waals surface area contributed by atoms with Gasteiger partial charge >= 0.3 is 0 Å². The van der Waals surface area contributed by atoms with Gasteiger partial charge in [-0.15, -0.1) is 0 Å². The number of hydrogen-bond donors (Lipinski definition) is 3. The summed E-state index contributed by atoms with van der Waals surface area (Å²) < 4.78 is 0. The number of carbonyl (C=O) groups is 1. The molecule has 0 fully saturated rings. The van der Waals surface area contributed by atoms with Gasteiger partial charge in [-0.25, -0.2) is 0 Å². The maximum absolute atomic E-state index is 12.4. The van der Waals surface area contributed by atoms with Gasteiger partial charge in [0.2, 0.25) is 5.91 Å². The van der Waals surface area contributed by atoms with Crippen LogP contribution in [0.3, 0.4) is 0 Å². The third kappa shape index (κ3) is 49.4. The van der Waals surface area contributed by atoms with Crippen LogP contribution in [0.5, 0.6) is 0 Å². The van der Waals surface area contributed by atoms with Crippen LogP contribution in [-0.4, -0.2) is 34.9 Å². The average molecular weight is 868 g/mol. The Labute approximate surface area is 390 Å². The first-order valence-electron chi connectivity index (χ1n) is 25.9. The van der Waals surface area contributed by atoms with E-state index in [0.717, 1.165) is 96.3 Å². The predicted octanol–water partition coefficient (Wildman–Crippen LogP) is 17.1. The zero-order valence-corrected chi connectivity index (χ0v) is 40.8. The summed E-state index contributed by atoms with van der Waals surface area (Å²) in [7, 11) is 0. The van der Waals surface area contributed by atoms with E-state index in [-0.39, 0.29) is 12.5 Å². The van der Waals surface area contributed by atoms with Crippen LogP contribution in [0.1, 0.15) is 213 Å². The zero-order chi connectivity index (χ0) is 45.6. The van der Waals surface area contributed by atoms with Gasteiger partial charge in [0.25, 0.3) is 0 Å². The Bertz CT molecular complexity index is 1310. The molecule has 4 heteroatoms. The molecule has 0 aromatic rings. The first kappa shape index (κ1) is 59.5. The highest BCUT2D eigenvalue weighted by atomic mass is 16.3. The van der Waals surface area contributed by atoms with Crippen LogP contribution >= 0.6 is 0 Å². The van der Waals surface area contributed by atoms with E-state index in [2.05, 4.69) is 141 Å². The summed E-state index contributed by atoms with van der Waals surface area (Å²) in [6, 6.07) is -0.656. The van der Waals surface area contributed by atoms with Crippen molar-refractivity contribution in [1.29, 1.82) is 0 Å². The molecule has 0 saturated carbocycles. The Morgan fingerprint density at radius 1 is 0.397 bits per heavy atom. The molecule has 0 radical (unpaired) electrons. The molecule has 356 valence electrons. The van der Waals surface area contributed by atoms with Gasteiger partial charge in [-0.3, -0.25) is 4.79 Å². The molecule has 0 spiro atoms. The van der Waals surface area contributed by atoms with E-state index in [1.54, 1.807) is 6.08 Å². The van der Waals surface area contributed by atoms with Crippen LogP contribution in [-0.2, 0) is 4.79 Å². The number of carbonyl (C=O) groups excluding carboxylic acids is 1. The summed E-state index contributed by atoms with van der Waals surface area (Å²) in [6.07, 6.45) is 82.9. The molecule has 4 nitrogen and oxygen atoms in total. The van der Waals surface area contributed by atoms with Gasteiger partial charge in [-0.05, 0) is 96.3 Å². The Morgan fingerprint density at radius 3 is 1.05 bits per heavy atom. The molecule has 0 aliphatic carbocycles. The van der Waals surface area contributed by atoms with Crippen molar-refractivity contribution >= 4 is 5.91 Å². The predicted molar refractivity (Wildman–Crippen MR) is 280 cm³/mol. The number of nitrogens with one attached hydrogen (secondary N) is 1. The molecule has 2 atom stereocenters. The van der Waals surface area contributed by atoms with Crippen LogP contribution in [0.2, 0.25) is 0 Å². The summed E-state index contributed by atoms with van der Waals surface area (Å²) in [4.78, 5) is 12.4. The van der Waals surface area contributed by atoms with Crippen molar-refractivity contribution in [3.8, 4) is 0 Å². The van der Waals surface area contributed by atoms with Crippen molar-refractivity contribution in [3.05, 3.63) is 134 Å². The molecule has 0 aliphatic heterocycles. The molecular formula is C59H97NO3. The normalized spacial score (nSPS) is 14.0. The van der Waals surface area contributed by atoms with Gasteiger partial charge in [0, 0.05) is 6.42 Å². The third-order valence-corrected chi connectivity index (χ3v) is 10.9. The molecule has 0 aliphatic rings. The second kappa shape index (κ2) is 52.9. The molecular weight excluding hydrogens is 771 g/mol. The van der Waals surface area contributed by atoms with Crippen molar-refractivity contribution in [3.63, 3.8) is 0 Å². The number of unbranched alkanes of at least 4 members (excludes halogenated alkanes) is 18. The Hall–Kier alpha value is -3.47. The minimum Gasteiger partial charge on any atom is -0.394 e. The molecule has 1 amide bonds. The Balaban J connectivity index is 3.74. The number of aliphatic hydroxyl groups excluding tert-OH is 2. The molecule has 0 heterocycles. The van der Waals surface area contributed by atoms with Crippen molar-refractivity contribution in [1.82, 2.24) is 5.32 Å². The molecule has 0 bridgehead atoms. The van der Waals surface area contributed by atoms with E-state index in [0.29, 0.717) is 6.42 Å². The van der Waals surface area contributed by atoms with Gasteiger partial charge < -0.3 is 15.5 Å². The van der Waals surface area contributed by atoms with E-state index in [4.69, 9.17) is 0 Å². The van der Waals surface area contributed by atoms with Crippen molar-refractivity contribution in [2.45, 2.75) is 225 Å². The fourth-order valence-corrected chi connectivity index (χ4v) is 6.97. The number of allylic oxidation sites excluding steroid dienone is 21. The lowest BCUT2D eigenvalue weighted by molar-refractivity contribution is -0.123. The monoisotopic (exact) mass is 868 g/mol. The van der Waals surface area contributed by atoms with Crippen LogP contribution in [0.4, 0.5) is 0 Å². The third-order valence-electron chi connectivity index (χ3n) is 10.9. The van der Waals surface area contributed by atoms with Crippen LogP contribution in [0.15, 0.2) is 134 Å². The lowest BCUT2D eigenvalue weighted by Crippen LogP contribution is -2.45.